The van der Waals surface area contributed by atoms with E-state index in [1.165, 1.54) is 0 Å². The fraction of sp³-hybridized carbons (Fsp3) is 0.250. The number of benzene rings is 1. The lowest BCUT2D eigenvalue weighted by molar-refractivity contribution is -0.122. The maximum atomic E-state index is 11.4. The number of carbonyl (C=O) groups is 1. The highest BCUT2D eigenvalue weighted by atomic mass is 16.3. The van der Waals surface area contributed by atoms with E-state index in [0.717, 1.165) is 5.56 Å². The van der Waals surface area contributed by atoms with E-state index in [4.69, 9.17) is 10.8 Å². The van der Waals surface area contributed by atoms with Crippen LogP contribution in [0.15, 0.2) is 36.9 Å². The Labute approximate surface area is 94.8 Å². The summed E-state index contributed by atoms with van der Waals surface area (Å²) >= 11 is 0. The van der Waals surface area contributed by atoms with Gasteiger partial charge in [-0.15, -0.1) is 6.58 Å². The molecule has 1 amide bonds. The Kier molecular flexibility index (Phi) is 4.54. The van der Waals surface area contributed by atoms with E-state index in [1.54, 1.807) is 30.3 Å². The van der Waals surface area contributed by atoms with Gasteiger partial charge in [-0.25, -0.2) is 0 Å². The summed E-state index contributed by atoms with van der Waals surface area (Å²) in [6.07, 6.45) is 2.05. The van der Waals surface area contributed by atoms with Crippen LogP contribution in [0.25, 0.3) is 0 Å². The molecule has 0 spiro atoms. The number of hydrogen-bond donors (Lipinski definition) is 3. The third-order valence-electron chi connectivity index (χ3n) is 2.15. The predicted octanol–water partition coefficient (Wildman–Crippen LogP) is 0.564. The van der Waals surface area contributed by atoms with E-state index in [-0.39, 0.29) is 11.7 Å². The Morgan fingerprint density at radius 2 is 2.12 bits per heavy atom. The van der Waals surface area contributed by atoms with E-state index < -0.39 is 6.04 Å². The van der Waals surface area contributed by atoms with Gasteiger partial charge in [0, 0.05) is 6.54 Å². The second-order valence-corrected chi connectivity index (χ2v) is 3.51. The molecule has 0 saturated carbocycles. The molecule has 0 aliphatic rings. The van der Waals surface area contributed by atoms with Gasteiger partial charge in [0.1, 0.15) is 5.75 Å². The molecule has 0 saturated heterocycles. The first kappa shape index (κ1) is 12.3. The lowest BCUT2D eigenvalue weighted by atomic mass is 10.1. The summed E-state index contributed by atoms with van der Waals surface area (Å²) in [5.74, 6) is 0.00130. The average molecular weight is 220 g/mol. The first-order chi connectivity index (χ1) is 7.63. The summed E-state index contributed by atoms with van der Waals surface area (Å²) in [6.45, 7) is 3.92. The standard InChI is InChI=1S/C12H16N2O2/c1-2-7-14-12(16)11(13)8-9-3-5-10(15)6-4-9/h2-6,11,15H,1,7-8,13H2,(H,14,16). The minimum absolute atomic E-state index is 0.201. The number of rotatable bonds is 5. The summed E-state index contributed by atoms with van der Waals surface area (Å²) < 4.78 is 0. The predicted molar refractivity (Wildman–Crippen MR) is 63.0 cm³/mol. The summed E-state index contributed by atoms with van der Waals surface area (Å²) in [6, 6.07) is 6.06. The maximum Gasteiger partial charge on any atom is 0.237 e. The van der Waals surface area contributed by atoms with Crippen molar-refractivity contribution in [2.75, 3.05) is 6.54 Å². The number of nitrogens with one attached hydrogen (secondary N) is 1. The molecular weight excluding hydrogens is 204 g/mol. The molecule has 1 atom stereocenters. The van der Waals surface area contributed by atoms with Crippen molar-refractivity contribution >= 4 is 5.91 Å². The Bertz CT molecular complexity index is 360. The van der Waals surface area contributed by atoms with Crippen LogP contribution in [0.3, 0.4) is 0 Å². The van der Waals surface area contributed by atoms with Crippen molar-refractivity contribution in [3.8, 4) is 5.75 Å². The zero-order valence-corrected chi connectivity index (χ0v) is 9.02. The smallest absolute Gasteiger partial charge is 0.237 e. The van der Waals surface area contributed by atoms with Gasteiger partial charge in [-0.2, -0.15) is 0 Å². The molecule has 4 nitrogen and oxygen atoms in total. The van der Waals surface area contributed by atoms with Crippen molar-refractivity contribution in [2.45, 2.75) is 12.5 Å². The first-order valence-corrected chi connectivity index (χ1v) is 5.05. The van der Waals surface area contributed by atoms with Gasteiger partial charge in [0.2, 0.25) is 5.91 Å². The van der Waals surface area contributed by atoms with E-state index >= 15 is 0 Å². The minimum Gasteiger partial charge on any atom is -0.508 e. The van der Waals surface area contributed by atoms with Crippen molar-refractivity contribution in [2.24, 2.45) is 5.73 Å². The van der Waals surface area contributed by atoms with Crippen LogP contribution in [-0.4, -0.2) is 23.6 Å². The number of phenols is 1. The fourth-order valence-corrected chi connectivity index (χ4v) is 1.28. The molecule has 0 fully saturated rings. The van der Waals surface area contributed by atoms with Crippen LogP contribution in [0.4, 0.5) is 0 Å². The highest BCUT2D eigenvalue weighted by molar-refractivity contribution is 5.81. The second kappa shape index (κ2) is 5.92. The highest BCUT2D eigenvalue weighted by Gasteiger charge is 2.12. The lowest BCUT2D eigenvalue weighted by Gasteiger charge is -2.11. The fourth-order valence-electron chi connectivity index (χ4n) is 1.28. The van der Waals surface area contributed by atoms with Crippen molar-refractivity contribution < 1.29 is 9.90 Å². The molecule has 1 rings (SSSR count). The third kappa shape index (κ3) is 3.74. The molecule has 0 bridgehead atoms. The molecule has 1 aromatic carbocycles. The van der Waals surface area contributed by atoms with Crippen LogP contribution in [-0.2, 0) is 11.2 Å². The maximum absolute atomic E-state index is 11.4. The van der Waals surface area contributed by atoms with Gasteiger partial charge in [-0.3, -0.25) is 4.79 Å². The van der Waals surface area contributed by atoms with Crippen molar-refractivity contribution in [3.63, 3.8) is 0 Å². The molecule has 0 aliphatic heterocycles. The van der Waals surface area contributed by atoms with E-state index in [2.05, 4.69) is 11.9 Å². The SMILES string of the molecule is C=CCNC(=O)C(N)Cc1ccc(O)cc1. The molecule has 1 unspecified atom stereocenters. The lowest BCUT2D eigenvalue weighted by Crippen LogP contribution is -2.42. The van der Waals surface area contributed by atoms with Crippen LogP contribution >= 0.6 is 0 Å². The molecule has 1 aromatic rings. The van der Waals surface area contributed by atoms with Crippen molar-refractivity contribution in [1.29, 1.82) is 0 Å². The van der Waals surface area contributed by atoms with Crippen LogP contribution in [0.2, 0.25) is 0 Å². The summed E-state index contributed by atoms with van der Waals surface area (Å²) in [5.41, 5.74) is 6.64. The quantitative estimate of drug-likeness (QED) is 0.635. The number of amides is 1. The average Bonchev–Trinajstić information content (AvgIpc) is 2.29. The van der Waals surface area contributed by atoms with Crippen molar-refractivity contribution in [3.05, 3.63) is 42.5 Å². The number of phenolic OH excluding ortho intramolecular Hbond substituents is 1. The Morgan fingerprint density at radius 1 is 1.50 bits per heavy atom. The molecule has 4 heteroatoms. The van der Waals surface area contributed by atoms with Crippen LogP contribution in [0.1, 0.15) is 5.56 Å². The van der Waals surface area contributed by atoms with Gasteiger partial charge in [-0.1, -0.05) is 18.2 Å². The van der Waals surface area contributed by atoms with Gasteiger partial charge in [0.05, 0.1) is 6.04 Å². The number of aromatic hydroxyl groups is 1. The first-order valence-electron chi connectivity index (χ1n) is 5.05. The highest BCUT2D eigenvalue weighted by Crippen LogP contribution is 2.10. The van der Waals surface area contributed by atoms with Gasteiger partial charge >= 0.3 is 0 Å². The molecular formula is C12H16N2O2. The Morgan fingerprint density at radius 3 is 2.69 bits per heavy atom. The summed E-state index contributed by atoms with van der Waals surface area (Å²) in [7, 11) is 0. The number of nitrogens with two attached hydrogens (primary N) is 1. The van der Waals surface area contributed by atoms with E-state index in [1.807, 2.05) is 0 Å². The second-order valence-electron chi connectivity index (χ2n) is 3.51. The van der Waals surface area contributed by atoms with E-state index in [0.29, 0.717) is 13.0 Å². The van der Waals surface area contributed by atoms with Crippen LogP contribution in [0, 0.1) is 0 Å². The molecule has 0 radical (unpaired) electrons. The molecule has 0 heterocycles. The number of carbonyl (C=O) groups excluding carboxylic acids is 1. The van der Waals surface area contributed by atoms with Crippen LogP contribution < -0.4 is 11.1 Å². The molecule has 0 aliphatic carbocycles. The zero-order valence-electron chi connectivity index (χ0n) is 9.02. The Balaban J connectivity index is 2.50. The molecule has 0 aromatic heterocycles. The summed E-state index contributed by atoms with van der Waals surface area (Å²) in [4.78, 5) is 11.4. The summed E-state index contributed by atoms with van der Waals surface area (Å²) in [5, 5.41) is 11.7. The topological polar surface area (TPSA) is 75.4 Å². The van der Waals surface area contributed by atoms with Crippen LogP contribution in [0.5, 0.6) is 5.75 Å². The zero-order chi connectivity index (χ0) is 12.0. The van der Waals surface area contributed by atoms with Crippen molar-refractivity contribution in [1.82, 2.24) is 5.32 Å². The minimum atomic E-state index is -0.579. The van der Waals surface area contributed by atoms with E-state index in [9.17, 15) is 4.79 Å². The largest absolute Gasteiger partial charge is 0.508 e. The number of hydrogen-bond acceptors (Lipinski definition) is 3. The van der Waals surface area contributed by atoms with Gasteiger partial charge in [-0.05, 0) is 24.1 Å². The Hall–Kier alpha value is -1.81. The van der Waals surface area contributed by atoms with Gasteiger partial charge in [0.25, 0.3) is 0 Å². The molecule has 4 N–H and O–H groups in total. The monoisotopic (exact) mass is 220 g/mol. The molecule has 16 heavy (non-hydrogen) atoms. The van der Waals surface area contributed by atoms with Gasteiger partial charge < -0.3 is 16.2 Å². The molecule has 86 valence electrons. The third-order valence-corrected chi connectivity index (χ3v) is 2.15. The normalized spacial score (nSPS) is 11.8. The van der Waals surface area contributed by atoms with Gasteiger partial charge in [0.15, 0.2) is 0 Å².